The molecule has 2 aromatic rings. The van der Waals surface area contributed by atoms with Gasteiger partial charge in [0.05, 0.1) is 12.6 Å². The molecule has 4 heteroatoms. The second-order valence-electron chi connectivity index (χ2n) is 4.78. The van der Waals surface area contributed by atoms with E-state index in [4.69, 9.17) is 4.74 Å². The van der Waals surface area contributed by atoms with Crippen LogP contribution in [0.25, 0.3) is 0 Å². The number of para-hydroxylation sites is 1. The molecule has 0 saturated carbocycles. The molecule has 2 rings (SSSR count). The molecule has 0 aliphatic carbocycles. The summed E-state index contributed by atoms with van der Waals surface area (Å²) in [5, 5.41) is 3.13. The third kappa shape index (κ3) is 3.58. The van der Waals surface area contributed by atoms with E-state index in [9.17, 15) is 8.78 Å². The molecule has 1 atom stereocenters. The number of ether oxygens (including phenoxy) is 1. The first-order chi connectivity index (χ1) is 10.2. The van der Waals surface area contributed by atoms with E-state index in [2.05, 4.69) is 5.32 Å². The van der Waals surface area contributed by atoms with Gasteiger partial charge in [-0.25, -0.2) is 8.78 Å². The van der Waals surface area contributed by atoms with Crippen LogP contribution in [0.4, 0.5) is 8.78 Å². The summed E-state index contributed by atoms with van der Waals surface area (Å²) in [6, 6.07) is 11.3. The zero-order chi connectivity index (χ0) is 15.2. The molecule has 21 heavy (non-hydrogen) atoms. The Morgan fingerprint density at radius 1 is 1.10 bits per heavy atom. The van der Waals surface area contributed by atoms with E-state index in [-0.39, 0.29) is 6.04 Å². The van der Waals surface area contributed by atoms with Gasteiger partial charge >= 0.3 is 0 Å². The minimum atomic E-state index is -0.847. The summed E-state index contributed by atoms with van der Waals surface area (Å²) in [6.07, 6.45) is 0.906. The predicted molar refractivity (Wildman–Crippen MR) is 79.5 cm³/mol. The molecule has 1 N–H and O–H groups in total. The first-order valence-corrected chi connectivity index (χ1v) is 7.01. The highest BCUT2D eigenvalue weighted by Crippen LogP contribution is 2.30. The summed E-state index contributed by atoms with van der Waals surface area (Å²) >= 11 is 0. The van der Waals surface area contributed by atoms with Gasteiger partial charge in [0.25, 0.3) is 0 Å². The van der Waals surface area contributed by atoms with Gasteiger partial charge in [-0.05, 0) is 37.2 Å². The van der Waals surface area contributed by atoms with Crippen LogP contribution in [-0.4, -0.2) is 13.7 Å². The van der Waals surface area contributed by atoms with Gasteiger partial charge in [0.15, 0.2) is 11.6 Å². The van der Waals surface area contributed by atoms with Crippen molar-refractivity contribution in [3.8, 4) is 5.75 Å². The zero-order valence-corrected chi connectivity index (χ0v) is 12.2. The zero-order valence-electron chi connectivity index (χ0n) is 12.2. The third-order valence-electron chi connectivity index (χ3n) is 3.26. The molecule has 0 heterocycles. The molecule has 2 aromatic carbocycles. The summed E-state index contributed by atoms with van der Waals surface area (Å²) in [6.45, 7) is 2.65. The highest BCUT2D eigenvalue weighted by Gasteiger charge is 2.18. The van der Waals surface area contributed by atoms with Crippen LogP contribution in [0.3, 0.4) is 0 Å². The van der Waals surface area contributed by atoms with Gasteiger partial charge in [-0.1, -0.05) is 31.2 Å². The van der Waals surface area contributed by atoms with E-state index in [0.717, 1.165) is 23.8 Å². The first kappa shape index (κ1) is 15.4. The number of hydrogen-bond acceptors (Lipinski definition) is 2. The van der Waals surface area contributed by atoms with Crippen molar-refractivity contribution >= 4 is 0 Å². The summed E-state index contributed by atoms with van der Waals surface area (Å²) in [7, 11) is 1.78. The van der Waals surface area contributed by atoms with E-state index in [0.29, 0.717) is 12.2 Å². The fourth-order valence-electron chi connectivity index (χ4n) is 2.26. The molecule has 2 nitrogen and oxygen atoms in total. The lowest BCUT2D eigenvalue weighted by atomic mass is 9.98. The quantitative estimate of drug-likeness (QED) is 0.866. The number of rotatable bonds is 6. The number of benzene rings is 2. The van der Waals surface area contributed by atoms with Crippen LogP contribution in [0, 0.1) is 11.6 Å². The van der Waals surface area contributed by atoms with Crippen molar-refractivity contribution in [3.05, 3.63) is 65.2 Å². The Bertz CT molecular complexity index is 601. The molecular weight excluding hydrogens is 272 g/mol. The first-order valence-electron chi connectivity index (χ1n) is 7.01. The van der Waals surface area contributed by atoms with E-state index in [1.165, 1.54) is 6.07 Å². The van der Waals surface area contributed by atoms with Gasteiger partial charge in [-0.3, -0.25) is 0 Å². The second kappa shape index (κ2) is 7.18. The largest absolute Gasteiger partial charge is 0.493 e. The molecule has 0 radical (unpaired) electrons. The number of halogens is 2. The average molecular weight is 291 g/mol. The van der Waals surface area contributed by atoms with E-state index in [1.54, 1.807) is 13.1 Å². The predicted octanol–water partition coefficient (Wildman–Crippen LogP) is 4.06. The lowest BCUT2D eigenvalue weighted by Gasteiger charge is -2.20. The van der Waals surface area contributed by atoms with Crippen molar-refractivity contribution in [1.82, 2.24) is 5.32 Å². The van der Waals surface area contributed by atoms with Crippen LogP contribution in [0.5, 0.6) is 5.75 Å². The molecule has 0 saturated heterocycles. The summed E-state index contributed by atoms with van der Waals surface area (Å²) in [5.41, 5.74) is 1.56. The van der Waals surface area contributed by atoms with Crippen molar-refractivity contribution in [2.75, 3.05) is 13.7 Å². The smallest absolute Gasteiger partial charge is 0.159 e. The summed E-state index contributed by atoms with van der Waals surface area (Å²) in [5.74, 6) is -0.938. The molecular formula is C17H19F2NO. The fraction of sp³-hybridized carbons (Fsp3) is 0.294. The Hall–Kier alpha value is -1.94. The Labute approximate surface area is 123 Å². The van der Waals surface area contributed by atoms with Crippen molar-refractivity contribution < 1.29 is 13.5 Å². The molecule has 0 aromatic heterocycles. The Balaban J connectivity index is 2.38. The summed E-state index contributed by atoms with van der Waals surface area (Å²) in [4.78, 5) is 0. The average Bonchev–Trinajstić information content (AvgIpc) is 2.50. The standard InChI is InChI=1S/C17H19F2NO/c1-3-10-21-16-7-5-4-6-13(16)17(20-2)12-8-9-14(18)15(19)11-12/h4-9,11,17,20H,3,10H2,1-2H3. The van der Waals surface area contributed by atoms with Crippen LogP contribution >= 0.6 is 0 Å². The van der Waals surface area contributed by atoms with E-state index < -0.39 is 11.6 Å². The maximum atomic E-state index is 13.5. The van der Waals surface area contributed by atoms with E-state index >= 15 is 0 Å². The fourth-order valence-corrected chi connectivity index (χ4v) is 2.26. The van der Waals surface area contributed by atoms with Gasteiger partial charge in [0, 0.05) is 5.56 Å². The Morgan fingerprint density at radius 3 is 2.52 bits per heavy atom. The van der Waals surface area contributed by atoms with Crippen molar-refractivity contribution in [3.63, 3.8) is 0 Å². The van der Waals surface area contributed by atoms with Crippen LogP contribution in [0.2, 0.25) is 0 Å². The van der Waals surface area contributed by atoms with Crippen molar-refractivity contribution in [1.29, 1.82) is 0 Å². The van der Waals surface area contributed by atoms with Crippen molar-refractivity contribution in [2.24, 2.45) is 0 Å². The molecule has 0 bridgehead atoms. The molecule has 0 fully saturated rings. The SMILES string of the molecule is CCCOc1ccccc1C(NC)c1ccc(F)c(F)c1. The molecule has 0 spiro atoms. The number of nitrogens with one attached hydrogen (secondary N) is 1. The van der Waals surface area contributed by atoms with Gasteiger partial charge in [-0.15, -0.1) is 0 Å². The van der Waals surface area contributed by atoms with Gasteiger partial charge in [0.1, 0.15) is 5.75 Å². The molecule has 0 aliphatic heterocycles. The topological polar surface area (TPSA) is 21.3 Å². The minimum Gasteiger partial charge on any atom is -0.493 e. The Morgan fingerprint density at radius 2 is 1.86 bits per heavy atom. The third-order valence-corrected chi connectivity index (χ3v) is 3.26. The monoisotopic (exact) mass is 291 g/mol. The van der Waals surface area contributed by atoms with Crippen LogP contribution < -0.4 is 10.1 Å². The lowest BCUT2D eigenvalue weighted by molar-refractivity contribution is 0.312. The van der Waals surface area contributed by atoms with Gasteiger partial charge in [-0.2, -0.15) is 0 Å². The highest BCUT2D eigenvalue weighted by molar-refractivity contribution is 5.41. The van der Waals surface area contributed by atoms with Crippen LogP contribution in [0.1, 0.15) is 30.5 Å². The maximum absolute atomic E-state index is 13.5. The molecule has 0 aliphatic rings. The van der Waals surface area contributed by atoms with Crippen molar-refractivity contribution in [2.45, 2.75) is 19.4 Å². The maximum Gasteiger partial charge on any atom is 0.159 e. The van der Waals surface area contributed by atoms with E-state index in [1.807, 2.05) is 31.2 Å². The molecule has 112 valence electrons. The second-order valence-corrected chi connectivity index (χ2v) is 4.78. The number of hydrogen-bond donors (Lipinski definition) is 1. The lowest BCUT2D eigenvalue weighted by Crippen LogP contribution is -2.19. The summed E-state index contributed by atoms with van der Waals surface area (Å²) < 4.78 is 32.3. The molecule has 1 unspecified atom stereocenters. The Kier molecular flexibility index (Phi) is 5.28. The highest BCUT2D eigenvalue weighted by atomic mass is 19.2. The van der Waals surface area contributed by atoms with Gasteiger partial charge < -0.3 is 10.1 Å². The molecule has 0 amide bonds. The minimum absolute atomic E-state index is 0.256. The van der Waals surface area contributed by atoms with Crippen LogP contribution in [0.15, 0.2) is 42.5 Å². The van der Waals surface area contributed by atoms with Crippen LogP contribution in [-0.2, 0) is 0 Å². The normalized spacial score (nSPS) is 12.2. The van der Waals surface area contributed by atoms with Gasteiger partial charge in [0.2, 0.25) is 0 Å².